The van der Waals surface area contributed by atoms with E-state index in [1.54, 1.807) is 18.2 Å². The van der Waals surface area contributed by atoms with Gasteiger partial charge in [-0.25, -0.2) is 0 Å². The second kappa shape index (κ2) is 3.13. The number of hydrogen-bond donors (Lipinski definition) is 1. The number of halogens is 1. The number of carbonyl (C=O) groups excluding carboxylic acids is 1. The van der Waals surface area contributed by atoms with Crippen LogP contribution >= 0.6 is 11.6 Å². The van der Waals surface area contributed by atoms with E-state index in [-0.39, 0.29) is 5.78 Å². The zero-order valence-corrected chi connectivity index (χ0v) is 7.66. The van der Waals surface area contributed by atoms with Crippen molar-refractivity contribution in [2.24, 2.45) is 0 Å². The standard InChI is InChI=1S/C10H9ClO2/c11-8-5-9(12)6-3-1-2-4-7(6)10(8)13/h1-4,8-9,12H,5H2/t8-,9+/m0/s1. The van der Waals surface area contributed by atoms with Crippen molar-refractivity contribution in [3.8, 4) is 0 Å². The summed E-state index contributed by atoms with van der Waals surface area (Å²) in [5.41, 5.74) is 1.26. The second-order valence-electron chi connectivity index (χ2n) is 3.17. The highest BCUT2D eigenvalue weighted by molar-refractivity contribution is 6.34. The molecule has 1 N–H and O–H groups in total. The lowest BCUT2D eigenvalue weighted by molar-refractivity contribution is 0.0904. The molecule has 2 rings (SSSR count). The zero-order valence-electron chi connectivity index (χ0n) is 6.90. The van der Waals surface area contributed by atoms with E-state index in [4.69, 9.17) is 11.6 Å². The van der Waals surface area contributed by atoms with Gasteiger partial charge in [0.05, 0.1) is 11.5 Å². The number of benzene rings is 1. The number of hydrogen-bond acceptors (Lipinski definition) is 2. The third kappa shape index (κ3) is 1.36. The Bertz CT molecular complexity index is 349. The number of aliphatic hydroxyl groups excluding tert-OH is 1. The van der Waals surface area contributed by atoms with Crippen molar-refractivity contribution >= 4 is 17.4 Å². The molecule has 0 aliphatic heterocycles. The lowest BCUT2D eigenvalue weighted by Gasteiger charge is -2.23. The largest absolute Gasteiger partial charge is 0.388 e. The fourth-order valence-electron chi connectivity index (χ4n) is 1.61. The minimum Gasteiger partial charge on any atom is -0.388 e. The minimum absolute atomic E-state index is 0.0810. The van der Waals surface area contributed by atoms with Gasteiger partial charge in [0.2, 0.25) is 0 Å². The number of rotatable bonds is 0. The molecule has 0 saturated heterocycles. The van der Waals surface area contributed by atoms with Gasteiger partial charge in [-0.3, -0.25) is 4.79 Å². The molecule has 1 aliphatic carbocycles. The molecule has 0 radical (unpaired) electrons. The predicted octanol–water partition coefficient (Wildman–Crippen LogP) is 1.91. The number of alkyl halides is 1. The molecule has 0 heterocycles. The Balaban J connectivity index is 2.54. The van der Waals surface area contributed by atoms with Crippen LogP contribution in [-0.4, -0.2) is 16.3 Å². The van der Waals surface area contributed by atoms with Gasteiger partial charge in [0.15, 0.2) is 5.78 Å². The molecule has 0 fully saturated rings. The van der Waals surface area contributed by atoms with E-state index in [2.05, 4.69) is 0 Å². The van der Waals surface area contributed by atoms with Crippen LogP contribution in [0.3, 0.4) is 0 Å². The maximum atomic E-state index is 11.5. The van der Waals surface area contributed by atoms with Gasteiger partial charge in [-0.2, -0.15) is 0 Å². The van der Waals surface area contributed by atoms with Crippen molar-refractivity contribution in [3.05, 3.63) is 35.4 Å². The summed E-state index contributed by atoms with van der Waals surface area (Å²) < 4.78 is 0. The number of fused-ring (bicyclic) bond motifs is 1. The van der Waals surface area contributed by atoms with Crippen molar-refractivity contribution in [2.75, 3.05) is 0 Å². The zero-order chi connectivity index (χ0) is 9.42. The monoisotopic (exact) mass is 196 g/mol. The normalized spacial score (nSPS) is 27.1. The molecule has 0 bridgehead atoms. The Morgan fingerprint density at radius 3 is 2.85 bits per heavy atom. The number of aliphatic hydroxyl groups is 1. The first-order valence-electron chi connectivity index (χ1n) is 4.15. The summed E-state index contributed by atoms with van der Waals surface area (Å²) in [4.78, 5) is 11.5. The van der Waals surface area contributed by atoms with E-state index in [1.807, 2.05) is 6.07 Å². The first-order valence-corrected chi connectivity index (χ1v) is 4.59. The summed E-state index contributed by atoms with van der Waals surface area (Å²) in [6.07, 6.45) is -0.284. The van der Waals surface area contributed by atoms with Crippen LogP contribution in [0.1, 0.15) is 28.4 Å². The number of Topliss-reactive ketones (excluding diaryl/α,β-unsaturated/α-hetero) is 1. The van der Waals surface area contributed by atoms with E-state index in [0.717, 1.165) is 0 Å². The Labute approximate surface area is 81.1 Å². The Morgan fingerprint density at radius 1 is 1.38 bits per heavy atom. The molecular formula is C10H9ClO2. The molecule has 13 heavy (non-hydrogen) atoms. The van der Waals surface area contributed by atoms with Gasteiger partial charge in [0, 0.05) is 12.0 Å². The molecule has 2 atom stereocenters. The summed E-state index contributed by atoms with van der Waals surface area (Å²) in [6.45, 7) is 0. The summed E-state index contributed by atoms with van der Waals surface area (Å²) in [5.74, 6) is -0.0810. The quantitative estimate of drug-likeness (QED) is 0.644. The Morgan fingerprint density at radius 2 is 2.08 bits per heavy atom. The molecule has 0 spiro atoms. The van der Waals surface area contributed by atoms with Crippen molar-refractivity contribution in [1.82, 2.24) is 0 Å². The molecule has 2 nitrogen and oxygen atoms in total. The fourth-order valence-corrected chi connectivity index (χ4v) is 1.90. The van der Waals surface area contributed by atoms with Crippen molar-refractivity contribution in [2.45, 2.75) is 17.9 Å². The predicted molar refractivity (Wildman–Crippen MR) is 50.0 cm³/mol. The molecule has 0 saturated carbocycles. The molecule has 0 amide bonds. The van der Waals surface area contributed by atoms with Crippen molar-refractivity contribution in [3.63, 3.8) is 0 Å². The van der Waals surface area contributed by atoms with Crippen LogP contribution in [0.5, 0.6) is 0 Å². The fraction of sp³-hybridized carbons (Fsp3) is 0.300. The molecule has 1 aliphatic rings. The van der Waals surface area contributed by atoms with E-state index < -0.39 is 11.5 Å². The molecule has 0 unspecified atom stereocenters. The van der Waals surface area contributed by atoms with Gasteiger partial charge in [-0.05, 0) is 5.56 Å². The Kier molecular flexibility index (Phi) is 2.10. The average Bonchev–Trinajstić information content (AvgIpc) is 2.15. The summed E-state index contributed by atoms with van der Waals surface area (Å²) in [7, 11) is 0. The van der Waals surface area contributed by atoms with Gasteiger partial charge >= 0.3 is 0 Å². The third-order valence-electron chi connectivity index (χ3n) is 2.30. The van der Waals surface area contributed by atoms with Crippen LogP contribution in [0.15, 0.2) is 24.3 Å². The van der Waals surface area contributed by atoms with Crippen LogP contribution in [0.4, 0.5) is 0 Å². The van der Waals surface area contributed by atoms with E-state index in [9.17, 15) is 9.90 Å². The lowest BCUT2D eigenvalue weighted by Crippen LogP contribution is -2.25. The molecule has 0 aromatic heterocycles. The first-order chi connectivity index (χ1) is 6.20. The molecule has 1 aromatic rings. The molecular weight excluding hydrogens is 188 g/mol. The first kappa shape index (κ1) is 8.73. The van der Waals surface area contributed by atoms with E-state index >= 15 is 0 Å². The smallest absolute Gasteiger partial charge is 0.181 e. The topological polar surface area (TPSA) is 37.3 Å². The van der Waals surface area contributed by atoms with Gasteiger partial charge in [0.1, 0.15) is 0 Å². The van der Waals surface area contributed by atoms with E-state index in [1.165, 1.54) is 0 Å². The highest BCUT2D eigenvalue weighted by Crippen LogP contribution is 2.31. The highest BCUT2D eigenvalue weighted by Gasteiger charge is 2.30. The molecule has 1 aromatic carbocycles. The van der Waals surface area contributed by atoms with Crippen LogP contribution < -0.4 is 0 Å². The molecule has 68 valence electrons. The van der Waals surface area contributed by atoms with Crippen molar-refractivity contribution in [1.29, 1.82) is 0 Å². The van der Waals surface area contributed by atoms with Gasteiger partial charge in [-0.1, -0.05) is 24.3 Å². The Hall–Kier alpha value is -0.860. The van der Waals surface area contributed by atoms with Crippen LogP contribution in [0.25, 0.3) is 0 Å². The van der Waals surface area contributed by atoms with E-state index in [0.29, 0.717) is 17.5 Å². The highest BCUT2D eigenvalue weighted by atomic mass is 35.5. The van der Waals surface area contributed by atoms with Gasteiger partial charge < -0.3 is 5.11 Å². The van der Waals surface area contributed by atoms with Gasteiger partial charge in [-0.15, -0.1) is 11.6 Å². The molecule has 3 heteroatoms. The maximum absolute atomic E-state index is 11.5. The average molecular weight is 197 g/mol. The summed E-state index contributed by atoms with van der Waals surface area (Å²) in [6, 6.07) is 7.05. The number of ketones is 1. The SMILES string of the molecule is O=C1c2ccccc2[C@H](O)C[C@@H]1Cl. The second-order valence-corrected chi connectivity index (χ2v) is 3.70. The van der Waals surface area contributed by atoms with Crippen molar-refractivity contribution < 1.29 is 9.90 Å². The maximum Gasteiger partial charge on any atom is 0.181 e. The van der Waals surface area contributed by atoms with Crippen LogP contribution in [0, 0.1) is 0 Å². The third-order valence-corrected chi connectivity index (χ3v) is 2.68. The number of carbonyl (C=O) groups is 1. The minimum atomic E-state index is -0.601. The summed E-state index contributed by atoms with van der Waals surface area (Å²) in [5, 5.41) is 9.03. The van der Waals surface area contributed by atoms with Crippen LogP contribution in [-0.2, 0) is 0 Å². The summed E-state index contributed by atoms with van der Waals surface area (Å²) >= 11 is 5.78. The lowest BCUT2D eigenvalue weighted by atomic mass is 9.88. The van der Waals surface area contributed by atoms with Crippen LogP contribution in [0.2, 0.25) is 0 Å². The van der Waals surface area contributed by atoms with Gasteiger partial charge in [0.25, 0.3) is 0 Å².